The van der Waals surface area contributed by atoms with E-state index in [4.69, 9.17) is 9.47 Å². The van der Waals surface area contributed by atoms with Crippen molar-refractivity contribution >= 4 is 5.91 Å². The number of amides is 1. The van der Waals surface area contributed by atoms with Crippen molar-refractivity contribution in [2.45, 2.75) is 307 Å². The number of allylic oxidation sites excluding steroid dienone is 4. The lowest BCUT2D eigenvalue weighted by Crippen LogP contribution is -2.60. The molecule has 0 aromatic heterocycles. The maximum absolute atomic E-state index is 13.0. The van der Waals surface area contributed by atoms with Crippen molar-refractivity contribution in [2.24, 2.45) is 0 Å². The van der Waals surface area contributed by atoms with Crippen LogP contribution in [0.4, 0.5) is 0 Å². The Balaban J connectivity index is 2.03. The van der Waals surface area contributed by atoms with E-state index >= 15 is 0 Å². The smallest absolute Gasteiger partial charge is 0.220 e. The molecule has 7 unspecified atom stereocenters. The van der Waals surface area contributed by atoms with Crippen LogP contribution in [0.2, 0.25) is 0 Å². The number of rotatable bonds is 47. The number of carbonyl (C=O) groups excluding carboxylic acids is 1. The molecule has 1 fully saturated rings. The van der Waals surface area contributed by atoms with Crippen LogP contribution in [0.15, 0.2) is 24.3 Å². The van der Waals surface area contributed by atoms with Crippen LogP contribution in [0.3, 0.4) is 0 Å². The Hall–Kier alpha value is -1.33. The average Bonchev–Trinajstić information content (AvgIpc) is 3.29. The summed E-state index contributed by atoms with van der Waals surface area (Å²) in [6, 6.07) is -0.713. The zero-order valence-corrected chi connectivity index (χ0v) is 41.8. The highest BCUT2D eigenvalue weighted by Crippen LogP contribution is 2.23. The fourth-order valence-corrected chi connectivity index (χ4v) is 8.90. The predicted molar refractivity (Wildman–Crippen MR) is 267 cm³/mol. The molecule has 7 atom stereocenters. The van der Waals surface area contributed by atoms with Crippen LogP contribution in [-0.4, -0.2) is 87.5 Å². The summed E-state index contributed by atoms with van der Waals surface area (Å²) in [6.45, 7) is 3.80. The molecule has 1 rings (SSSR count). The minimum absolute atomic E-state index is 0.135. The van der Waals surface area contributed by atoms with E-state index < -0.39 is 49.5 Å². The number of aliphatic hydroxyl groups excluding tert-OH is 5. The average molecular weight is 908 g/mol. The summed E-state index contributed by atoms with van der Waals surface area (Å²) in [5, 5.41) is 54.3. The maximum Gasteiger partial charge on any atom is 0.220 e. The summed E-state index contributed by atoms with van der Waals surface area (Å²) in [7, 11) is 0. The highest BCUT2D eigenvalue weighted by molar-refractivity contribution is 5.76. The van der Waals surface area contributed by atoms with E-state index in [0.717, 1.165) is 44.9 Å². The molecule has 6 N–H and O–H groups in total. The first-order valence-electron chi connectivity index (χ1n) is 27.5. The molecule has 0 spiro atoms. The van der Waals surface area contributed by atoms with Crippen LogP contribution < -0.4 is 5.32 Å². The third-order valence-corrected chi connectivity index (χ3v) is 13.3. The van der Waals surface area contributed by atoms with E-state index in [1.54, 1.807) is 0 Å². The van der Waals surface area contributed by atoms with Gasteiger partial charge in [0.2, 0.25) is 5.91 Å². The molecule has 1 aliphatic heterocycles. The van der Waals surface area contributed by atoms with Gasteiger partial charge in [-0.3, -0.25) is 4.79 Å². The minimum Gasteiger partial charge on any atom is -0.394 e. The van der Waals surface area contributed by atoms with Gasteiger partial charge < -0.3 is 40.3 Å². The molecule has 0 aromatic rings. The quantitative estimate of drug-likeness (QED) is 0.0261. The number of aliphatic hydroxyl groups is 5. The molecule has 1 amide bonds. The van der Waals surface area contributed by atoms with Crippen molar-refractivity contribution in [3.8, 4) is 0 Å². The monoisotopic (exact) mass is 908 g/mol. The first kappa shape index (κ1) is 60.7. The van der Waals surface area contributed by atoms with Crippen LogP contribution in [0.1, 0.15) is 264 Å². The highest BCUT2D eigenvalue weighted by Gasteiger charge is 2.44. The summed E-state index contributed by atoms with van der Waals surface area (Å²) in [5.74, 6) is -0.143. The normalized spacial score (nSPS) is 20.1. The lowest BCUT2D eigenvalue weighted by molar-refractivity contribution is -0.302. The Morgan fingerprint density at radius 2 is 0.922 bits per heavy atom. The van der Waals surface area contributed by atoms with Gasteiger partial charge in [0.25, 0.3) is 0 Å². The highest BCUT2D eigenvalue weighted by atomic mass is 16.7. The second-order valence-corrected chi connectivity index (χ2v) is 19.4. The first-order valence-corrected chi connectivity index (χ1v) is 27.5. The Bertz CT molecular complexity index is 1060. The molecule has 378 valence electrons. The molecule has 1 aliphatic rings. The van der Waals surface area contributed by atoms with E-state index in [-0.39, 0.29) is 12.5 Å². The number of hydrogen-bond acceptors (Lipinski definition) is 8. The largest absolute Gasteiger partial charge is 0.394 e. The SMILES string of the molecule is CCCCCCC/C=C\C/C=C\CCCCCCCCCCCCCCCCCCCCCCCC(=O)NC(COC1OC(CO)C(O)C(O)C1O)C(O)CCCCCCCCCC. The molecule has 0 aliphatic carbocycles. The van der Waals surface area contributed by atoms with Gasteiger partial charge in [-0.2, -0.15) is 0 Å². The van der Waals surface area contributed by atoms with Gasteiger partial charge >= 0.3 is 0 Å². The van der Waals surface area contributed by atoms with Crippen molar-refractivity contribution in [3.63, 3.8) is 0 Å². The zero-order chi connectivity index (χ0) is 46.6. The lowest BCUT2D eigenvalue weighted by atomic mass is 9.99. The maximum atomic E-state index is 13.0. The number of nitrogens with one attached hydrogen (secondary N) is 1. The second kappa shape index (κ2) is 45.5. The molecule has 0 aromatic carbocycles. The van der Waals surface area contributed by atoms with Crippen molar-refractivity contribution in [1.29, 1.82) is 0 Å². The van der Waals surface area contributed by atoms with Crippen LogP contribution >= 0.6 is 0 Å². The van der Waals surface area contributed by atoms with Crippen molar-refractivity contribution in [3.05, 3.63) is 24.3 Å². The molecule has 64 heavy (non-hydrogen) atoms. The second-order valence-electron chi connectivity index (χ2n) is 19.4. The van der Waals surface area contributed by atoms with E-state index in [1.165, 1.54) is 193 Å². The number of carbonyl (C=O) groups is 1. The Morgan fingerprint density at radius 1 is 0.531 bits per heavy atom. The number of unbranched alkanes of at least 4 members (excludes halogenated alkanes) is 33. The Morgan fingerprint density at radius 3 is 1.34 bits per heavy atom. The van der Waals surface area contributed by atoms with Gasteiger partial charge in [0.1, 0.15) is 24.4 Å². The molecule has 0 saturated carbocycles. The third-order valence-electron chi connectivity index (χ3n) is 13.3. The Kier molecular flexibility index (Phi) is 43.1. The zero-order valence-electron chi connectivity index (χ0n) is 41.8. The van der Waals surface area contributed by atoms with Gasteiger partial charge in [-0.05, 0) is 44.9 Å². The van der Waals surface area contributed by atoms with E-state index in [0.29, 0.717) is 12.8 Å². The standard InChI is InChI=1S/C55H105NO8/c1-3-5-7-9-11-13-14-15-16-17-18-19-20-21-22-23-24-25-26-27-28-29-30-31-32-33-34-35-36-37-39-41-43-45-51(59)56-48(49(58)44-42-40-38-12-10-8-6-4-2)47-63-55-54(62)53(61)52(60)50(46-57)64-55/h14-15,17-18,48-50,52-55,57-58,60-62H,3-13,16,19-47H2,1-2H3,(H,56,59)/b15-14-,18-17-. The van der Waals surface area contributed by atoms with Gasteiger partial charge in [0.05, 0.1) is 25.4 Å². The summed E-state index contributed by atoms with van der Waals surface area (Å²) in [6.07, 6.45) is 49.6. The minimum atomic E-state index is -1.55. The van der Waals surface area contributed by atoms with E-state index in [1.807, 2.05) is 0 Å². The van der Waals surface area contributed by atoms with Crippen molar-refractivity contribution in [1.82, 2.24) is 5.32 Å². The molecule has 0 radical (unpaired) electrons. The summed E-state index contributed by atoms with van der Waals surface area (Å²) in [5.41, 5.74) is 0. The third kappa shape index (κ3) is 34.9. The number of ether oxygens (including phenoxy) is 2. The lowest BCUT2D eigenvalue weighted by Gasteiger charge is -2.40. The van der Waals surface area contributed by atoms with Crippen molar-refractivity contribution in [2.75, 3.05) is 13.2 Å². The summed E-state index contributed by atoms with van der Waals surface area (Å²) in [4.78, 5) is 13.0. The summed E-state index contributed by atoms with van der Waals surface area (Å²) < 4.78 is 11.2. The fourth-order valence-electron chi connectivity index (χ4n) is 8.90. The topological polar surface area (TPSA) is 149 Å². The van der Waals surface area contributed by atoms with Gasteiger partial charge in [0.15, 0.2) is 6.29 Å². The molecule has 1 saturated heterocycles. The molecular weight excluding hydrogens is 803 g/mol. The predicted octanol–water partition coefficient (Wildman–Crippen LogP) is 13.0. The van der Waals surface area contributed by atoms with Crippen molar-refractivity contribution < 1.29 is 39.8 Å². The molecule has 0 bridgehead atoms. The summed E-state index contributed by atoms with van der Waals surface area (Å²) >= 11 is 0. The first-order chi connectivity index (χ1) is 31.3. The van der Waals surface area contributed by atoms with Gasteiger partial charge in [-0.15, -0.1) is 0 Å². The molecule has 9 nitrogen and oxygen atoms in total. The fraction of sp³-hybridized carbons (Fsp3) is 0.909. The van der Waals surface area contributed by atoms with Gasteiger partial charge in [-0.25, -0.2) is 0 Å². The Labute approximate surface area is 394 Å². The number of hydrogen-bond donors (Lipinski definition) is 6. The molecule has 1 heterocycles. The van der Waals surface area contributed by atoms with Gasteiger partial charge in [-0.1, -0.05) is 237 Å². The van der Waals surface area contributed by atoms with Crippen LogP contribution in [0.5, 0.6) is 0 Å². The van der Waals surface area contributed by atoms with E-state index in [9.17, 15) is 30.3 Å². The van der Waals surface area contributed by atoms with E-state index in [2.05, 4.69) is 43.5 Å². The van der Waals surface area contributed by atoms with Crippen LogP contribution in [-0.2, 0) is 14.3 Å². The molecular formula is C55H105NO8. The van der Waals surface area contributed by atoms with Crippen LogP contribution in [0, 0.1) is 0 Å². The van der Waals surface area contributed by atoms with Gasteiger partial charge in [0, 0.05) is 6.42 Å². The van der Waals surface area contributed by atoms with Crippen LogP contribution in [0.25, 0.3) is 0 Å². The molecule has 9 heteroatoms.